The Morgan fingerprint density at radius 2 is 1.91 bits per heavy atom. The lowest BCUT2D eigenvalue weighted by atomic mass is 10.0. The van der Waals surface area contributed by atoms with E-state index in [4.69, 9.17) is 9.72 Å². The Labute approximate surface area is 193 Å². The smallest absolute Gasteiger partial charge is 0.214 e. The summed E-state index contributed by atoms with van der Waals surface area (Å²) in [5.41, 5.74) is 6.10. The van der Waals surface area contributed by atoms with Gasteiger partial charge in [0, 0.05) is 31.8 Å². The Bertz CT molecular complexity index is 1330. The second kappa shape index (κ2) is 9.16. The summed E-state index contributed by atoms with van der Waals surface area (Å²) in [7, 11) is 2.09. The predicted molar refractivity (Wildman–Crippen MR) is 128 cm³/mol. The van der Waals surface area contributed by atoms with E-state index < -0.39 is 0 Å². The zero-order valence-corrected chi connectivity index (χ0v) is 19.0. The standard InChI is InChI=1S/C27H27FN4O/c1-19-10-11-25-24(16-19)29-26(31(25)2)17-32-14-12-20(13-15-32)23-8-5-9-27(30-23)33-18-21-6-3-4-7-22(21)28/h3-12,16H,13-15,17-18H2,1-2H3. The summed E-state index contributed by atoms with van der Waals surface area (Å²) in [6.45, 7) is 4.86. The first-order valence-corrected chi connectivity index (χ1v) is 11.2. The third-order valence-corrected chi connectivity index (χ3v) is 6.17. The number of benzene rings is 2. The summed E-state index contributed by atoms with van der Waals surface area (Å²) in [6.07, 6.45) is 3.14. The zero-order chi connectivity index (χ0) is 22.8. The molecule has 0 atom stereocenters. The number of aromatic nitrogens is 3. The minimum Gasteiger partial charge on any atom is -0.473 e. The molecule has 0 aliphatic carbocycles. The maximum atomic E-state index is 13.8. The molecular weight excluding hydrogens is 415 g/mol. The van der Waals surface area contributed by atoms with Crippen LogP contribution in [0.15, 0.2) is 66.7 Å². The highest BCUT2D eigenvalue weighted by Crippen LogP contribution is 2.25. The number of aryl methyl sites for hydroxylation is 2. The topological polar surface area (TPSA) is 43.2 Å². The summed E-state index contributed by atoms with van der Waals surface area (Å²) in [6, 6.07) is 18.8. The number of hydrogen-bond donors (Lipinski definition) is 0. The lowest BCUT2D eigenvalue weighted by molar-refractivity contribution is 0.282. The molecule has 0 fully saturated rings. The van der Waals surface area contributed by atoms with Gasteiger partial charge in [-0.15, -0.1) is 0 Å². The molecule has 3 heterocycles. The summed E-state index contributed by atoms with van der Waals surface area (Å²) >= 11 is 0. The minimum atomic E-state index is -0.264. The van der Waals surface area contributed by atoms with E-state index in [1.165, 1.54) is 22.7 Å². The van der Waals surface area contributed by atoms with Crippen LogP contribution in [-0.4, -0.2) is 32.5 Å². The molecule has 0 N–H and O–H groups in total. The molecule has 2 aromatic carbocycles. The molecule has 6 heteroatoms. The van der Waals surface area contributed by atoms with Crippen molar-refractivity contribution < 1.29 is 9.13 Å². The number of rotatable bonds is 6. The number of pyridine rings is 1. The lowest BCUT2D eigenvalue weighted by Crippen LogP contribution is -2.29. The van der Waals surface area contributed by atoms with Crippen LogP contribution in [0.5, 0.6) is 5.88 Å². The number of imidazole rings is 1. The fourth-order valence-electron chi connectivity index (χ4n) is 4.23. The maximum Gasteiger partial charge on any atom is 0.214 e. The van der Waals surface area contributed by atoms with E-state index in [-0.39, 0.29) is 12.4 Å². The fraction of sp³-hybridized carbons (Fsp3) is 0.259. The first-order chi connectivity index (χ1) is 16.1. The third-order valence-electron chi connectivity index (χ3n) is 6.17. The lowest BCUT2D eigenvalue weighted by Gasteiger charge is -2.25. The van der Waals surface area contributed by atoms with Crippen molar-refractivity contribution in [1.82, 2.24) is 19.4 Å². The van der Waals surface area contributed by atoms with E-state index in [9.17, 15) is 4.39 Å². The fourth-order valence-corrected chi connectivity index (χ4v) is 4.23. The van der Waals surface area contributed by atoms with Crippen molar-refractivity contribution in [2.24, 2.45) is 7.05 Å². The summed E-state index contributed by atoms with van der Waals surface area (Å²) in [5.74, 6) is 1.32. The number of fused-ring (bicyclic) bond motifs is 1. The normalized spacial score (nSPS) is 14.5. The molecule has 0 saturated heterocycles. The van der Waals surface area contributed by atoms with Gasteiger partial charge in [-0.2, -0.15) is 0 Å². The Hall–Kier alpha value is -3.51. The van der Waals surface area contributed by atoms with Crippen LogP contribution < -0.4 is 4.74 Å². The van der Waals surface area contributed by atoms with Crippen LogP contribution in [0.3, 0.4) is 0 Å². The quantitative estimate of drug-likeness (QED) is 0.407. The second-order valence-electron chi connectivity index (χ2n) is 8.53. The Balaban J connectivity index is 1.24. The molecule has 0 bridgehead atoms. The number of ether oxygens (including phenoxy) is 1. The van der Waals surface area contributed by atoms with E-state index in [0.29, 0.717) is 11.4 Å². The number of halogens is 1. The van der Waals surface area contributed by atoms with Crippen molar-refractivity contribution in [3.63, 3.8) is 0 Å². The van der Waals surface area contributed by atoms with Crippen LogP contribution in [0.2, 0.25) is 0 Å². The van der Waals surface area contributed by atoms with Crippen molar-refractivity contribution in [2.75, 3.05) is 13.1 Å². The molecule has 5 nitrogen and oxygen atoms in total. The predicted octanol–water partition coefficient (Wildman–Crippen LogP) is 5.28. The van der Waals surface area contributed by atoms with E-state index in [1.54, 1.807) is 18.2 Å². The summed E-state index contributed by atoms with van der Waals surface area (Å²) in [5, 5.41) is 0. The van der Waals surface area contributed by atoms with E-state index >= 15 is 0 Å². The van der Waals surface area contributed by atoms with Gasteiger partial charge in [-0.05, 0) is 48.7 Å². The van der Waals surface area contributed by atoms with Gasteiger partial charge >= 0.3 is 0 Å². The summed E-state index contributed by atoms with van der Waals surface area (Å²) < 4.78 is 21.8. The minimum absolute atomic E-state index is 0.160. The molecule has 1 aliphatic rings. The van der Waals surface area contributed by atoms with E-state index in [0.717, 1.165) is 43.1 Å². The van der Waals surface area contributed by atoms with Gasteiger partial charge in [-0.3, -0.25) is 4.90 Å². The Kier molecular flexibility index (Phi) is 5.92. The molecule has 0 saturated carbocycles. The average Bonchev–Trinajstić information content (AvgIpc) is 3.13. The first kappa shape index (κ1) is 21.3. The van der Waals surface area contributed by atoms with E-state index in [1.807, 2.05) is 18.2 Å². The van der Waals surface area contributed by atoms with Gasteiger partial charge < -0.3 is 9.30 Å². The van der Waals surface area contributed by atoms with Gasteiger partial charge in [-0.1, -0.05) is 36.4 Å². The first-order valence-electron chi connectivity index (χ1n) is 11.2. The maximum absolute atomic E-state index is 13.8. The van der Waals surface area contributed by atoms with Crippen molar-refractivity contribution in [3.05, 3.63) is 95.2 Å². The third kappa shape index (κ3) is 4.66. The van der Waals surface area contributed by atoms with Crippen LogP contribution in [0.25, 0.3) is 16.6 Å². The van der Waals surface area contributed by atoms with Crippen LogP contribution in [0.1, 0.15) is 29.1 Å². The van der Waals surface area contributed by atoms with Gasteiger partial charge in [0.1, 0.15) is 18.2 Å². The van der Waals surface area contributed by atoms with Crippen molar-refractivity contribution in [3.8, 4) is 5.88 Å². The SMILES string of the molecule is Cc1ccc2c(c1)nc(CN1CC=C(c3cccc(OCc4ccccc4F)n3)CC1)n2C. The molecule has 5 rings (SSSR count). The van der Waals surface area contributed by atoms with Crippen LogP contribution in [-0.2, 0) is 20.2 Å². The van der Waals surface area contributed by atoms with Gasteiger partial charge in [0.2, 0.25) is 5.88 Å². The molecule has 33 heavy (non-hydrogen) atoms. The highest BCUT2D eigenvalue weighted by Gasteiger charge is 2.17. The van der Waals surface area contributed by atoms with E-state index in [2.05, 4.69) is 52.7 Å². The van der Waals surface area contributed by atoms with Gasteiger partial charge in [0.05, 0.1) is 23.3 Å². The highest BCUT2D eigenvalue weighted by atomic mass is 19.1. The van der Waals surface area contributed by atoms with Crippen LogP contribution in [0, 0.1) is 12.7 Å². The Morgan fingerprint density at radius 1 is 1.03 bits per heavy atom. The Morgan fingerprint density at radius 3 is 2.73 bits per heavy atom. The van der Waals surface area contributed by atoms with Gasteiger partial charge in [0.25, 0.3) is 0 Å². The largest absolute Gasteiger partial charge is 0.473 e. The molecule has 0 amide bonds. The summed E-state index contributed by atoms with van der Waals surface area (Å²) in [4.78, 5) is 11.9. The molecule has 4 aromatic rings. The van der Waals surface area contributed by atoms with Crippen LogP contribution >= 0.6 is 0 Å². The molecule has 0 unspecified atom stereocenters. The molecule has 2 aromatic heterocycles. The van der Waals surface area contributed by atoms with Gasteiger partial charge in [-0.25, -0.2) is 14.4 Å². The number of nitrogens with zero attached hydrogens (tertiary/aromatic N) is 4. The molecule has 0 radical (unpaired) electrons. The van der Waals surface area contributed by atoms with Crippen LogP contribution in [0.4, 0.5) is 4.39 Å². The highest BCUT2D eigenvalue weighted by molar-refractivity contribution is 5.76. The monoisotopic (exact) mass is 442 g/mol. The van der Waals surface area contributed by atoms with Crippen molar-refractivity contribution in [1.29, 1.82) is 0 Å². The van der Waals surface area contributed by atoms with Gasteiger partial charge in [0.15, 0.2) is 0 Å². The second-order valence-corrected chi connectivity index (χ2v) is 8.53. The zero-order valence-electron chi connectivity index (χ0n) is 19.0. The number of hydrogen-bond acceptors (Lipinski definition) is 4. The van der Waals surface area contributed by atoms with Crippen molar-refractivity contribution >= 4 is 16.6 Å². The molecular formula is C27H27FN4O. The van der Waals surface area contributed by atoms with Crippen molar-refractivity contribution in [2.45, 2.75) is 26.5 Å². The molecule has 1 aliphatic heterocycles. The molecule has 0 spiro atoms. The average molecular weight is 443 g/mol. The molecule has 168 valence electrons.